The average molecular weight is 489 g/mol. The van der Waals surface area contributed by atoms with Gasteiger partial charge >= 0.3 is 0 Å². The van der Waals surface area contributed by atoms with Crippen LogP contribution in [0.4, 0.5) is 5.69 Å². The van der Waals surface area contributed by atoms with Gasteiger partial charge in [-0.05, 0) is 66.8 Å². The molecule has 1 heterocycles. The molecule has 0 spiro atoms. The van der Waals surface area contributed by atoms with E-state index in [0.717, 1.165) is 16.7 Å². The number of hydrogen-bond acceptors (Lipinski definition) is 3. The number of benzene rings is 3. The van der Waals surface area contributed by atoms with E-state index in [9.17, 15) is 14.4 Å². The maximum atomic E-state index is 13.6. The summed E-state index contributed by atoms with van der Waals surface area (Å²) in [7, 11) is 0. The number of anilines is 1. The minimum Gasteiger partial charge on any atom is -0.326 e. The van der Waals surface area contributed by atoms with E-state index in [0.29, 0.717) is 28.6 Å². The summed E-state index contributed by atoms with van der Waals surface area (Å²) >= 11 is 6.13. The van der Waals surface area contributed by atoms with Crippen molar-refractivity contribution in [3.8, 4) is 0 Å². The third-order valence-electron chi connectivity index (χ3n) is 6.41. The zero-order chi connectivity index (χ0) is 25.1. The van der Waals surface area contributed by atoms with E-state index < -0.39 is 6.04 Å². The number of aryl methyl sites for hydroxylation is 1. The molecule has 0 radical (unpaired) electrons. The fourth-order valence-electron chi connectivity index (χ4n) is 4.34. The highest BCUT2D eigenvalue weighted by atomic mass is 35.5. The van der Waals surface area contributed by atoms with Gasteiger partial charge in [0, 0.05) is 17.1 Å². The van der Waals surface area contributed by atoms with Crippen LogP contribution in [0, 0.1) is 6.92 Å². The van der Waals surface area contributed by atoms with Crippen LogP contribution in [0.3, 0.4) is 0 Å². The number of carbonyl (C=O) groups is 3. The Morgan fingerprint density at radius 1 is 1.03 bits per heavy atom. The molecule has 1 atom stereocenters. The lowest BCUT2D eigenvalue weighted by Crippen LogP contribution is -2.46. The highest BCUT2D eigenvalue weighted by Crippen LogP contribution is 2.28. The van der Waals surface area contributed by atoms with Crippen molar-refractivity contribution in [1.82, 2.24) is 4.90 Å². The van der Waals surface area contributed by atoms with Crippen LogP contribution >= 0.6 is 11.6 Å². The maximum Gasteiger partial charge on any atom is 0.257 e. The van der Waals surface area contributed by atoms with E-state index in [4.69, 9.17) is 11.6 Å². The molecule has 1 aliphatic heterocycles. The van der Waals surface area contributed by atoms with E-state index >= 15 is 0 Å². The smallest absolute Gasteiger partial charge is 0.257 e. The Morgan fingerprint density at radius 2 is 1.71 bits per heavy atom. The molecule has 1 aliphatic rings. The van der Waals surface area contributed by atoms with E-state index in [1.54, 1.807) is 30.3 Å². The first-order valence-electron chi connectivity index (χ1n) is 11.8. The van der Waals surface area contributed by atoms with Gasteiger partial charge in [0.25, 0.3) is 11.8 Å². The molecule has 4 rings (SSSR count). The molecule has 3 aromatic rings. The maximum absolute atomic E-state index is 13.6. The fraction of sp³-hybridized carbons (Fsp3) is 0.276. The van der Waals surface area contributed by atoms with Gasteiger partial charge in [-0.25, -0.2) is 4.90 Å². The lowest BCUT2D eigenvalue weighted by molar-refractivity contribution is -0.122. The van der Waals surface area contributed by atoms with Crippen molar-refractivity contribution < 1.29 is 14.4 Å². The number of carbonyl (C=O) groups excluding carboxylic acids is 3. The number of nitrogens with zero attached hydrogens (tertiary/aromatic N) is 2. The zero-order valence-corrected chi connectivity index (χ0v) is 21.0. The molecule has 6 heteroatoms. The van der Waals surface area contributed by atoms with Gasteiger partial charge in [-0.15, -0.1) is 0 Å². The number of imide groups is 1. The summed E-state index contributed by atoms with van der Waals surface area (Å²) in [6.45, 7) is 6.42. The molecule has 0 aliphatic carbocycles. The van der Waals surface area contributed by atoms with Crippen LogP contribution in [0.25, 0.3) is 0 Å². The second-order valence-electron chi connectivity index (χ2n) is 9.28. The van der Waals surface area contributed by atoms with Crippen molar-refractivity contribution in [2.45, 2.75) is 45.6 Å². The Kier molecular flexibility index (Phi) is 7.37. The molecule has 0 aromatic heterocycles. The molecule has 3 aromatic carbocycles. The van der Waals surface area contributed by atoms with Gasteiger partial charge in [0.2, 0.25) is 5.91 Å². The van der Waals surface area contributed by atoms with Crippen LogP contribution in [-0.2, 0) is 16.0 Å². The average Bonchev–Trinajstić information content (AvgIpc) is 3.13. The van der Waals surface area contributed by atoms with Crippen LogP contribution in [0.2, 0.25) is 5.02 Å². The summed E-state index contributed by atoms with van der Waals surface area (Å²) in [5, 5.41) is 0.613. The predicted octanol–water partition coefficient (Wildman–Crippen LogP) is 5.79. The van der Waals surface area contributed by atoms with E-state index in [1.165, 1.54) is 9.80 Å². The molecule has 5 nitrogen and oxygen atoms in total. The third-order valence-corrected chi connectivity index (χ3v) is 6.64. The quantitative estimate of drug-likeness (QED) is 0.395. The van der Waals surface area contributed by atoms with Crippen molar-refractivity contribution in [2.24, 2.45) is 0 Å². The monoisotopic (exact) mass is 488 g/mol. The summed E-state index contributed by atoms with van der Waals surface area (Å²) in [4.78, 5) is 42.8. The van der Waals surface area contributed by atoms with Gasteiger partial charge in [-0.3, -0.25) is 14.4 Å². The normalized spacial score (nSPS) is 15.7. The van der Waals surface area contributed by atoms with Crippen LogP contribution < -0.4 is 4.90 Å². The lowest BCUT2D eigenvalue weighted by Gasteiger charge is -2.28. The molecule has 0 bridgehead atoms. The topological polar surface area (TPSA) is 57.7 Å². The Hall–Kier alpha value is -3.44. The van der Waals surface area contributed by atoms with Crippen molar-refractivity contribution in [3.63, 3.8) is 0 Å². The molecule has 180 valence electrons. The first kappa shape index (κ1) is 24.7. The van der Waals surface area contributed by atoms with Crippen molar-refractivity contribution in [3.05, 3.63) is 100 Å². The summed E-state index contributed by atoms with van der Waals surface area (Å²) in [5.74, 6) is -0.605. The standard InChI is InChI=1S/C29H29ClN2O3/c1-19(2)22-11-13-25(14-12-22)32-27(33)18-26(29(32)35)31(16-15-21-5-4-6-24(30)17-21)28(34)23-9-7-20(3)8-10-23/h4-14,17,19,26H,15-16,18H2,1-3H3. The summed E-state index contributed by atoms with van der Waals surface area (Å²) in [6.07, 6.45) is 0.469. The zero-order valence-electron chi connectivity index (χ0n) is 20.2. The summed E-state index contributed by atoms with van der Waals surface area (Å²) in [6, 6.07) is 21.3. The van der Waals surface area contributed by atoms with Crippen LogP contribution in [0.5, 0.6) is 0 Å². The second-order valence-corrected chi connectivity index (χ2v) is 9.71. The highest BCUT2D eigenvalue weighted by Gasteiger charge is 2.44. The Morgan fingerprint density at radius 3 is 2.34 bits per heavy atom. The van der Waals surface area contributed by atoms with E-state index in [1.807, 2.05) is 49.4 Å². The number of hydrogen-bond donors (Lipinski definition) is 0. The first-order chi connectivity index (χ1) is 16.7. The molecule has 35 heavy (non-hydrogen) atoms. The molecule has 1 fully saturated rings. The Bertz CT molecular complexity index is 1240. The van der Waals surface area contributed by atoms with Crippen LogP contribution in [-0.4, -0.2) is 35.2 Å². The minimum absolute atomic E-state index is 0.0437. The largest absolute Gasteiger partial charge is 0.326 e. The van der Waals surface area contributed by atoms with Crippen molar-refractivity contribution in [2.75, 3.05) is 11.4 Å². The van der Waals surface area contributed by atoms with Gasteiger partial charge in [-0.1, -0.05) is 67.4 Å². The third kappa shape index (κ3) is 5.46. The fourth-order valence-corrected chi connectivity index (χ4v) is 4.55. The number of rotatable bonds is 7. The first-order valence-corrected chi connectivity index (χ1v) is 12.2. The molecular weight excluding hydrogens is 460 g/mol. The lowest BCUT2D eigenvalue weighted by atomic mass is 10.0. The number of amides is 3. The Labute approximate surface area is 211 Å². The highest BCUT2D eigenvalue weighted by molar-refractivity contribution is 6.30. The minimum atomic E-state index is -0.861. The number of halogens is 1. The molecule has 1 saturated heterocycles. The molecule has 3 amide bonds. The summed E-state index contributed by atoms with van der Waals surface area (Å²) in [5.41, 5.74) is 4.14. The predicted molar refractivity (Wildman–Crippen MR) is 139 cm³/mol. The van der Waals surface area contributed by atoms with Crippen molar-refractivity contribution in [1.29, 1.82) is 0 Å². The molecular formula is C29H29ClN2O3. The molecule has 1 unspecified atom stereocenters. The second kappa shape index (κ2) is 10.4. The Balaban J connectivity index is 1.62. The van der Waals surface area contributed by atoms with Gasteiger partial charge in [0.05, 0.1) is 12.1 Å². The van der Waals surface area contributed by atoms with Gasteiger partial charge in [0.15, 0.2) is 0 Å². The van der Waals surface area contributed by atoms with Crippen LogP contribution in [0.15, 0.2) is 72.8 Å². The molecule has 0 saturated carbocycles. The van der Waals surface area contributed by atoms with Crippen LogP contribution in [0.1, 0.15) is 53.2 Å². The van der Waals surface area contributed by atoms with Crippen molar-refractivity contribution >= 4 is 35.0 Å². The SMILES string of the molecule is Cc1ccc(C(=O)N(CCc2cccc(Cl)c2)C2CC(=O)N(c3ccc(C(C)C)cc3)C2=O)cc1. The molecule has 0 N–H and O–H groups in total. The van der Waals surface area contributed by atoms with Gasteiger partial charge in [-0.2, -0.15) is 0 Å². The summed E-state index contributed by atoms with van der Waals surface area (Å²) < 4.78 is 0. The van der Waals surface area contributed by atoms with E-state index in [-0.39, 0.29) is 30.7 Å². The van der Waals surface area contributed by atoms with Gasteiger partial charge < -0.3 is 4.90 Å². The van der Waals surface area contributed by atoms with Gasteiger partial charge in [0.1, 0.15) is 6.04 Å². The van der Waals surface area contributed by atoms with E-state index in [2.05, 4.69) is 13.8 Å².